The minimum atomic E-state index is -4.24. The van der Waals surface area contributed by atoms with E-state index in [9.17, 15) is 9.79 Å². The first-order chi connectivity index (χ1) is 6.97. The van der Waals surface area contributed by atoms with Gasteiger partial charge in [0.1, 0.15) is 0 Å². The largest absolute Gasteiger partial charge is 0.394 e. The van der Waals surface area contributed by atoms with Gasteiger partial charge in [-0.05, 0) is 35.4 Å². The lowest BCUT2D eigenvalue weighted by Crippen LogP contribution is -2.00. The fourth-order valence-electron chi connectivity index (χ4n) is 0.459. The van der Waals surface area contributed by atoms with Crippen molar-refractivity contribution in [3.63, 3.8) is 0 Å². The number of aliphatic hydroxyl groups is 1. The Morgan fingerprint density at radius 3 is 1.75 bits per heavy atom. The van der Waals surface area contributed by atoms with Gasteiger partial charge in [0.05, 0.1) is 13.2 Å². The third kappa shape index (κ3) is 9.64. The van der Waals surface area contributed by atoms with Crippen molar-refractivity contribution < 1.29 is 37.8 Å². The van der Waals surface area contributed by atoms with Crippen LogP contribution in [-0.4, -0.2) is 37.9 Å². The first kappa shape index (κ1) is 17.6. The lowest BCUT2D eigenvalue weighted by Gasteiger charge is -2.22. The number of hydrogen-bond donors (Lipinski definition) is 5. The Kier molecular flexibility index (Phi) is 7.38. The lowest BCUT2D eigenvalue weighted by atomic mass is 10.8. The summed E-state index contributed by atoms with van der Waals surface area (Å²) < 4.78 is 12.9. The first-order valence-electron chi connectivity index (χ1n) is 3.37. The average Bonchev–Trinajstić information content (AvgIpc) is 1.93. The zero-order valence-corrected chi connectivity index (χ0v) is 12.6. The maximum absolute atomic E-state index is 9.28. The van der Waals surface area contributed by atoms with Gasteiger partial charge in [-0.1, -0.05) is 0 Å². The predicted molar refractivity (Wildman–Crippen MR) is 66.9 cm³/mol. The standard InChI is InChI=1S/C2H9O8P3S3/c3-1-2-8-12(6,15)10-13(7,16)9-11(4,5)14/h3H,1-2H2,(H,6,15)(H,7,16)(H2,4,5,14). The zero-order valence-electron chi connectivity index (χ0n) is 7.44. The van der Waals surface area contributed by atoms with Crippen LogP contribution < -0.4 is 0 Å². The summed E-state index contributed by atoms with van der Waals surface area (Å²) in [7, 11) is 0. The molecule has 5 N–H and O–H groups in total. The van der Waals surface area contributed by atoms with Gasteiger partial charge in [-0.25, -0.2) is 8.62 Å². The van der Waals surface area contributed by atoms with Gasteiger partial charge in [-0.3, -0.25) is 0 Å². The SMILES string of the molecule is OCCOP(O)(=S)OP(O)(=S)OP(O)(O)=S. The molecular weight excluding hydrogens is 341 g/mol. The van der Waals surface area contributed by atoms with Gasteiger partial charge in [0.15, 0.2) is 0 Å². The Morgan fingerprint density at radius 1 is 0.875 bits per heavy atom. The lowest BCUT2D eigenvalue weighted by molar-refractivity contribution is 0.178. The summed E-state index contributed by atoms with van der Waals surface area (Å²) in [5.41, 5.74) is 0. The molecule has 0 aliphatic heterocycles. The maximum Gasteiger partial charge on any atom is 0.339 e. The van der Waals surface area contributed by atoms with Crippen LogP contribution in [0.1, 0.15) is 0 Å². The Balaban J connectivity index is 4.52. The molecule has 0 fully saturated rings. The minimum Gasteiger partial charge on any atom is -0.394 e. The Hall–Kier alpha value is 1.63. The molecule has 0 bridgehead atoms. The number of aliphatic hydroxyl groups excluding tert-OH is 1. The van der Waals surface area contributed by atoms with Crippen molar-refractivity contribution in [2.45, 2.75) is 0 Å². The quantitative estimate of drug-likeness (QED) is 0.387. The van der Waals surface area contributed by atoms with E-state index < -0.39 is 26.8 Å². The monoisotopic (exact) mass is 350 g/mol. The molecule has 0 aliphatic rings. The fraction of sp³-hybridized carbons (Fsp3) is 1.00. The van der Waals surface area contributed by atoms with E-state index in [0.29, 0.717) is 0 Å². The minimum absolute atomic E-state index is 0.338. The highest BCUT2D eigenvalue weighted by Gasteiger charge is 2.31. The molecule has 14 heteroatoms. The van der Waals surface area contributed by atoms with Gasteiger partial charge in [0, 0.05) is 0 Å². The average molecular weight is 350 g/mol. The molecular formula is C2H9O8P3S3. The van der Waals surface area contributed by atoms with Crippen LogP contribution >= 0.6 is 20.2 Å². The molecule has 0 saturated carbocycles. The molecule has 2 atom stereocenters. The van der Waals surface area contributed by atoms with Crippen molar-refractivity contribution in [1.29, 1.82) is 0 Å². The Bertz CT molecular complexity index is 364. The summed E-state index contributed by atoms with van der Waals surface area (Å²) in [6.07, 6.45) is 0. The van der Waals surface area contributed by atoms with Gasteiger partial charge in [0.2, 0.25) is 0 Å². The van der Waals surface area contributed by atoms with Gasteiger partial charge in [-0.15, -0.1) is 0 Å². The van der Waals surface area contributed by atoms with E-state index in [1.54, 1.807) is 0 Å². The van der Waals surface area contributed by atoms with Crippen molar-refractivity contribution in [3.8, 4) is 0 Å². The van der Waals surface area contributed by atoms with E-state index >= 15 is 0 Å². The summed E-state index contributed by atoms with van der Waals surface area (Å²) in [5, 5.41) is 8.39. The van der Waals surface area contributed by atoms with Crippen molar-refractivity contribution in [2.75, 3.05) is 13.2 Å². The van der Waals surface area contributed by atoms with E-state index in [1.165, 1.54) is 0 Å². The molecule has 2 unspecified atom stereocenters. The topological polar surface area (TPSA) is 129 Å². The van der Waals surface area contributed by atoms with Crippen molar-refractivity contribution in [2.24, 2.45) is 0 Å². The van der Waals surface area contributed by atoms with Gasteiger partial charge >= 0.3 is 20.2 Å². The highest BCUT2D eigenvalue weighted by molar-refractivity contribution is 8.17. The first-order valence-corrected chi connectivity index (χ1v) is 11.2. The summed E-state index contributed by atoms with van der Waals surface area (Å²) >= 11 is 12.8. The second-order valence-electron chi connectivity index (χ2n) is 2.15. The van der Waals surface area contributed by atoms with E-state index in [1.807, 2.05) is 0 Å². The highest BCUT2D eigenvalue weighted by Crippen LogP contribution is 2.66. The predicted octanol–water partition coefficient (Wildman–Crippen LogP) is -0.329. The molecule has 0 aromatic rings. The van der Waals surface area contributed by atoms with E-state index in [2.05, 4.69) is 48.6 Å². The second-order valence-corrected chi connectivity index (χ2v) is 10.8. The smallest absolute Gasteiger partial charge is 0.339 e. The molecule has 0 saturated heterocycles. The van der Waals surface area contributed by atoms with Crippen molar-refractivity contribution >= 4 is 55.6 Å². The second kappa shape index (κ2) is 6.70. The maximum atomic E-state index is 9.28. The molecule has 0 amide bonds. The van der Waals surface area contributed by atoms with Crippen LogP contribution in [0.4, 0.5) is 0 Å². The third-order valence-corrected chi connectivity index (χ3v) is 7.31. The number of rotatable bonds is 7. The molecule has 16 heavy (non-hydrogen) atoms. The van der Waals surface area contributed by atoms with Crippen LogP contribution in [0.5, 0.6) is 0 Å². The molecule has 0 rings (SSSR count). The number of hydrogen-bond acceptors (Lipinski definition) is 7. The molecule has 0 aromatic carbocycles. The zero-order chi connectivity index (χ0) is 13.0. The van der Waals surface area contributed by atoms with E-state index in [-0.39, 0.29) is 6.61 Å². The Morgan fingerprint density at radius 2 is 1.38 bits per heavy atom. The fourth-order valence-corrected chi connectivity index (χ4v) is 7.73. The summed E-state index contributed by atoms with van der Waals surface area (Å²) in [5.74, 6) is 0. The molecule has 0 spiro atoms. The van der Waals surface area contributed by atoms with Crippen molar-refractivity contribution in [1.82, 2.24) is 0 Å². The van der Waals surface area contributed by atoms with Crippen LogP contribution in [0.3, 0.4) is 0 Å². The normalized spacial score (nSPS) is 20.1. The highest BCUT2D eigenvalue weighted by atomic mass is 32.5. The van der Waals surface area contributed by atoms with Crippen LogP contribution in [0, 0.1) is 0 Å². The molecule has 8 nitrogen and oxygen atoms in total. The molecule has 98 valence electrons. The van der Waals surface area contributed by atoms with Gasteiger partial charge in [0.25, 0.3) is 0 Å². The molecule has 0 radical (unpaired) electrons. The van der Waals surface area contributed by atoms with E-state index in [4.69, 9.17) is 14.9 Å². The summed E-state index contributed by atoms with van der Waals surface area (Å²) in [6, 6.07) is 0. The van der Waals surface area contributed by atoms with Crippen LogP contribution in [0.2, 0.25) is 0 Å². The van der Waals surface area contributed by atoms with Crippen LogP contribution in [0.25, 0.3) is 0 Å². The van der Waals surface area contributed by atoms with Crippen LogP contribution in [0.15, 0.2) is 0 Å². The van der Waals surface area contributed by atoms with Crippen LogP contribution in [-0.2, 0) is 48.6 Å². The van der Waals surface area contributed by atoms with Crippen molar-refractivity contribution in [3.05, 3.63) is 0 Å². The molecule has 0 aromatic heterocycles. The van der Waals surface area contributed by atoms with Gasteiger partial charge < -0.3 is 29.2 Å². The Labute approximate surface area is 107 Å². The van der Waals surface area contributed by atoms with Gasteiger partial charge in [-0.2, -0.15) is 0 Å². The molecule has 0 aliphatic carbocycles. The van der Waals surface area contributed by atoms with E-state index in [0.717, 1.165) is 0 Å². The summed E-state index contributed by atoms with van der Waals surface area (Å²) in [6.45, 7) is -13.1. The summed E-state index contributed by atoms with van der Waals surface area (Å²) in [4.78, 5) is 36.0. The molecule has 0 heterocycles. The third-order valence-electron chi connectivity index (χ3n) is 0.762.